The average Bonchev–Trinajstić information content (AvgIpc) is 2.00. The number of carbonyl (C=O) groups excluding carboxylic acids is 2. The molecule has 0 aromatic carbocycles. The summed E-state index contributed by atoms with van der Waals surface area (Å²) in [6, 6.07) is 0. The minimum Gasteiger partial charge on any atom is -0.359 e. The van der Waals surface area contributed by atoms with Gasteiger partial charge in [-0.1, -0.05) is 0 Å². The molecule has 1 unspecified atom stereocenters. The van der Waals surface area contributed by atoms with Gasteiger partial charge in [-0.15, -0.1) is 11.6 Å². The highest BCUT2D eigenvalue weighted by molar-refractivity contribution is 6.30. The van der Waals surface area contributed by atoms with Gasteiger partial charge in [0.1, 0.15) is 5.38 Å². The number of carbonyl (C=O) groups is 2. The summed E-state index contributed by atoms with van der Waals surface area (Å²) in [5, 5.41) is 2.05. The van der Waals surface area contributed by atoms with Crippen molar-refractivity contribution in [1.82, 2.24) is 10.2 Å². The Morgan fingerprint density at radius 3 is 2.46 bits per heavy atom. The monoisotopic (exact) mass is 204 g/mol. The molecule has 4 nitrogen and oxygen atoms in total. The Labute approximate surface area is 82.2 Å². The first-order valence-corrected chi connectivity index (χ1v) is 4.64. The Balaban J connectivity index is 2.33. The van der Waals surface area contributed by atoms with Crippen molar-refractivity contribution in [3.8, 4) is 0 Å². The molecule has 1 fully saturated rings. The van der Waals surface area contributed by atoms with Crippen LogP contribution < -0.4 is 5.32 Å². The molecular formula is C8H13ClN2O2. The first-order valence-electron chi connectivity index (χ1n) is 4.20. The van der Waals surface area contributed by atoms with Gasteiger partial charge in [0.05, 0.1) is 5.92 Å². The van der Waals surface area contributed by atoms with Crippen molar-refractivity contribution >= 4 is 23.4 Å². The zero-order valence-electron chi connectivity index (χ0n) is 7.71. The van der Waals surface area contributed by atoms with Crippen molar-refractivity contribution in [2.45, 2.75) is 12.3 Å². The van der Waals surface area contributed by atoms with Gasteiger partial charge in [-0.05, 0) is 6.92 Å². The van der Waals surface area contributed by atoms with E-state index in [0.29, 0.717) is 13.1 Å². The lowest BCUT2D eigenvalue weighted by atomic mass is 9.99. The fourth-order valence-electron chi connectivity index (χ4n) is 1.28. The van der Waals surface area contributed by atoms with Crippen LogP contribution in [0.3, 0.4) is 0 Å². The summed E-state index contributed by atoms with van der Waals surface area (Å²) in [5.74, 6) is -0.155. The summed E-state index contributed by atoms with van der Waals surface area (Å²) >= 11 is 5.61. The predicted octanol–water partition coefficient (Wildman–Crippen LogP) is -0.182. The number of alkyl halides is 1. The highest BCUT2D eigenvalue weighted by Gasteiger charge is 2.36. The molecule has 0 bridgehead atoms. The van der Waals surface area contributed by atoms with Gasteiger partial charge in [0, 0.05) is 20.1 Å². The van der Waals surface area contributed by atoms with Crippen LogP contribution in [0.2, 0.25) is 0 Å². The Kier molecular flexibility index (Phi) is 3.14. The topological polar surface area (TPSA) is 49.4 Å². The minimum absolute atomic E-state index is 0.00808. The molecule has 1 aliphatic heterocycles. The summed E-state index contributed by atoms with van der Waals surface area (Å²) in [6.07, 6.45) is 0. The third-order valence-electron chi connectivity index (χ3n) is 2.15. The number of rotatable bonds is 2. The Morgan fingerprint density at radius 1 is 1.54 bits per heavy atom. The van der Waals surface area contributed by atoms with E-state index in [1.807, 2.05) is 0 Å². The second-order valence-corrected chi connectivity index (χ2v) is 3.83. The van der Waals surface area contributed by atoms with Crippen LogP contribution in [0.1, 0.15) is 6.92 Å². The molecule has 1 rings (SSSR count). The van der Waals surface area contributed by atoms with Crippen LogP contribution in [0.4, 0.5) is 0 Å². The van der Waals surface area contributed by atoms with Gasteiger partial charge in [-0.3, -0.25) is 9.59 Å². The lowest BCUT2D eigenvalue weighted by Gasteiger charge is -2.38. The number of amides is 2. The lowest BCUT2D eigenvalue weighted by Crippen LogP contribution is -2.56. The second-order valence-electron chi connectivity index (χ2n) is 3.17. The van der Waals surface area contributed by atoms with E-state index in [0.717, 1.165) is 0 Å². The Hall–Kier alpha value is -0.770. The fraction of sp³-hybridized carbons (Fsp3) is 0.750. The molecule has 2 amide bonds. The summed E-state index contributed by atoms with van der Waals surface area (Å²) in [6.45, 7) is 2.63. The Bertz CT molecular complexity index is 224. The van der Waals surface area contributed by atoms with Crippen molar-refractivity contribution in [2.24, 2.45) is 5.92 Å². The van der Waals surface area contributed by atoms with E-state index < -0.39 is 5.38 Å². The van der Waals surface area contributed by atoms with Crippen molar-refractivity contribution in [3.63, 3.8) is 0 Å². The van der Waals surface area contributed by atoms with E-state index in [1.54, 1.807) is 18.9 Å². The molecule has 1 saturated heterocycles. The van der Waals surface area contributed by atoms with E-state index >= 15 is 0 Å². The zero-order valence-corrected chi connectivity index (χ0v) is 8.47. The molecule has 13 heavy (non-hydrogen) atoms. The standard InChI is InChI=1S/C8H13ClN2O2/c1-5(9)8(13)11-3-6(4-11)7(12)10-2/h5-6H,3-4H2,1-2H3,(H,10,12). The number of likely N-dealkylation sites (tertiary alicyclic amines) is 1. The molecule has 1 aliphatic rings. The number of hydrogen-bond acceptors (Lipinski definition) is 2. The summed E-state index contributed by atoms with van der Waals surface area (Å²) in [4.78, 5) is 23.9. The first-order chi connectivity index (χ1) is 6.06. The zero-order chi connectivity index (χ0) is 10.0. The van der Waals surface area contributed by atoms with E-state index in [2.05, 4.69) is 5.32 Å². The molecule has 1 heterocycles. The fourth-order valence-corrected chi connectivity index (χ4v) is 1.42. The van der Waals surface area contributed by atoms with Gasteiger partial charge < -0.3 is 10.2 Å². The van der Waals surface area contributed by atoms with Crippen molar-refractivity contribution in [1.29, 1.82) is 0 Å². The highest BCUT2D eigenvalue weighted by Crippen LogP contribution is 2.17. The van der Waals surface area contributed by atoms with E-state index in [-0.39, 0.29) is 17.7 Å². The molecule has 5 heteroatoms. The number of nitrogens with one attached hydrogen (secondary N) is 1. The molecule has 0 radical (unpaired) electrons. The smallest absolute Gasteiger partial charge is 0.240 e. The molecular weight excluding hydrogens is 192 g/mol. The molecule has 0 aliphatic carbocycles. The predicted molar refractivity (Wildman–Crippen MR) is 49.5 cm³/mol. The van der Waals surface area contributed by atoms with Crippen molar-refractivity contribution in [2.75, 3.05) is 20.1 Å². The van der Waals surface area contributed by atoms with Gasteiger partial charge >= 0.3 is 0 Å². The largest absolute Gasteiger partial charge is 0.359 e. The van der Waals surface area contributed by atoms with Crippen LogP contribution in [-0.2, 0) is 9.59 Å². The van der Waals surface area contributed by atoms with E-state index in [9.17, 15) is 9.59 Å². The lowest BCUT2D eigenvalue weighted by molar-refractivity contribution is -0.142. The summed E-state index contributed by atoms with van der Waals surface area (Å²) in [7, 11) is 1.59. The molecule has 1 N–H and O–H groups in total. The van der Waals surface area contributed by atoms with Crippen LogP contribution >= 0.6 is 11.6 Å². The van der Waals surface area contributed by atoms with Gasteiger partial charge in [0.25, 0.3) is 0 Å². The normalized spacial score (nSPS) is 19.2. The second kappa shape index (κ2) is 3.96. The van der Waals surface area contributed by atoms with Gasteiger partial charge in [0.2, 0.25) is 11.8 Å². The summed E-state index contributed by atoms with van der Waals surface area (Å²) < 4.78 is 0. The quantitative estimate of drug-likeness (QED) is 0.635. The molecule has 0 spiro atoms. The third-order valence-corrected chi connectivity index (χ3v) is 2.34. The average molecular weight is 205 g/mol. The van der Waals surface area contributed by atoms with Crippen LogP contribution in [0.25, 0.3) is 0 Å². The Morgan fingerprint density at radius 2 is 2.08 bits per heavy atom. The van der Waals surface area contributed by atoms with Gasteiger partial charge in [-0.25, -0.2) is 0 Å². The number of nitrogens with zero attached hydrogens (tertiary/aromatic N) is 1. The number of halogens is 1. The minimum atomic E-state index is -0.495. The van der Waals surface area contributed by atoms with Crippen LogP contribution in [0, 0.1) is 5.92 Å². The molecule has 0 aromatic heterocycles. The molecule has 74 valence electrons. The molecule has 0 saturated carbocycles. The maximum absolute atomic E-state index is 11.2. The van der Waals surface area contributed by atoms with Gasteiger partial charge in [-0.2, -0.15) is 0 Å². The highest BCUT2D eigenvalue weighted by atomic mass is 35.5. The van der Waals surface area contributed by atoms with Crippen LogP contribution in [0.15, 0.2) is 0 Å². The van der Waals surface area contributed by atoms with Gasteiger partial charge in [0.15, 0.2) is 0 Å². The van der Waals surface area contributed by atoms with E-state index in [1.165, 1.54) is 0 Å². The van der Waals surface area contributed by atoms with E-state index in [4.69, 9.17) is 11.6 Å². The number of hydrogen-bond donors (Lipinski definition) is 1. The summed E-state index contributed by atoms with van der Waals surface area (Å²) in [5.41, 5.74) is 0. The first kappa shape index (κ1) is 10.3. The molecule has 1 atom stereocenters. The SMILES string of the molecule is CNC(=O)C1CN(C(=O)C(C)Cl)C1. The van der Waals surface area contributed by atoms with Crippen molar-refractivity contribution in [3.05, 3.63) is 0 Å². The molecule has 0 aromatic rings. The maximum Gasteiger partial charge on any atom is 0.240 e. The van der Waals surface area contributed by atoms with Crippen molar-refractivity contribution < 1.29 is 9.59 Å². The third kappa shape index (κ3) is 2.12. The van der Waals surface area contributed by atoms with Crippen LogP contribution in [-0.4, -0.2) is 42.2 Å². The van der Waals surface area contributed by atoms with Crippen LogP contribution in [0.5, 0.6) is 0 Å². The maximum atomic E-state index is 11.2.